The zero-order chi connectivity index (χ0) is 8.97. The average Bonchev–Trinajstić information content (AvgIpc) is 2.03. The first-order valence-electron chi connectivity index (χ1n) is 3.60. The van der Waals surface area contributed by atoms with Gasteiger partial charge in [0.15, 0.2) is 0 Å². The Bertz CT molecular complexity index is 333. The lowest BCUT2D eigenvalue weighted by Gasteiger charge is -1.97. The molecule has 0 bridgehead atoms. The highest BCUT2D eigenvalue weighted by Gasteiger charge is 1.94. The van der Waals surface area contributed by atoms with Gasteiger partial charge in [-0.3, -0.25) is 0 Å². The number of rotatable bonds is 0. The van der Waals surface area contributed by atoms with Gasteiger partial charge in [0.25, 0.3) is 0 Å². The molecule has 1 rings (SSSR count). The fourth-order valence-corrected chi connectivity index (χ4v) is 1.21. The first kappa shape index (κ1) is 9.51. The van der Waals surface area contributed by atoms with Gasteiger partial charge in [0.2, 0.25) is 0 Å². The van der Waals surface area contributed by atoms with E-state index in [1.54, 1.807) is 0 Å². The van der Waals surface area contributed by atoms with Gasteiger partial charge in [-0.15, -0.1) is 0 Å². The Morgan fingerprint density at radius 2 is 2.25 bits per heavy atom. The summed E-state index contributed by atoms with van der Waals surface area (Å²) in [5.41, 5.74) is 2.13. The maximum absolute atomic E-state index is 5.79. The van der Waals surface area contributed by atoms with Crippen LogP contribution < -0.4 is 0 Å². The molecule has 0 fully saturated rings. The minimum absolute atomic E-state index is 0.585. The minimum atomic E-state index is 0.585. The van der Waals surface area contributed by atoms with Crippen LogP contribution in [-0.2, 0) is 0 Å². The van der Waals surface area contributed by atoms with Crippen LogP contribution in [0, 0.1) is 18.8 Å². The number of halogens is 1. The second-order valence-corrected chi connectivity index (χ2v) is 3.17. The van der Waals surface area contributed by atoms with Gasteiger partial charge in [0, 0.05) is 10.6 Å². The van der Waals surface area contributed by atoms with Crippen LogP contribution in [0.25, 0.3) is 0 Å². The minimum Gasteiger partial charge on any atom is -0.166 e. The van der Waals surface area contributed by atoms with Gasteiger partial charge in [-0.2, -0.15) is 12.6 Å². The van der Waals surface area contributed by atoms with Gasteiger partial charge < -0.3 is 0 Å². The normalized spacial score (nSPS) is 8.92. The maximum Gasteiger partial charge on any atom is 0.0521 e. The van der Waals surface area contributed by atoms with Crippen molar-refractivity contribution in [2.45, 2.75) is 6.92 Å². The van der Waals surface area contributed by atoms with E-state index in [0.717, 1.165) is 16.1 Å². The van der Waals surface area contributed by atoms with Gasteiger partial charge in [0.05, 0.1) is 5.75 Å². The molecule has 0 aromatic heterocycles. The van der Waals surface area contributed by atoms with Gasteiger partial charge >= 0.3 is 0 Å². The molecule has 0 N–H and O–H groups in total. The van der Waals surface area contributed by atoms with E-state index in [0.29, 0.717) is 5.75 Å². The van der Waals surface area contributed by atoms with E-state index < -0.39 is 0 Å². The largest absolute Gasteiger partial charge is 0.166 e. The summed E-state index contributed by atoms with van der Waals surface area (Å²) in [5, 5.41) is 0.754. The predicted octanol–water partition coefficient (Wildman–Crippen LogP) is 2.93. The van der Waals surface area contributed by atoms with Crippen molar-refractivity contribution in [2.75, 3.05) is 5.75 Å². The van der Waals surface area contributed by atoms with Gasteiger partial charge in [0.1, 0.15) is 0 Å². The lowest BCUT2D eigenvalue weighted by molar-refractivity contribution is 1.44. The fourth-order valence-electron chi connectivity index (χ4n) is 0.902. The van der Waals surface area contributed by atoms with Crippen molar-refractivity contribution in [2.24, 2.45) is 0 Å². The summed E-state index contributed by atoms with van der Waals surface area (Å²) < 4.78 is 0. The van der Waals surface area contributed by atoms with Crippen molar-refractivity contribution in [3.8, 4) is 11.8 Å². The number of hydrogen-bond acceptors (Lipinski definition) is 1. The van der Waals surface area contributed by atoms with Crippen LogP contribution in [0.2, 0.25) is 5.02 Å². The zero-order valence-electron chi connectivity index (χ0n) is 6.76. The summed E-state index contributed by atoms with van der Waals surface area (Å²) in [4.78, 5) is 0. The Morgan fingerprint density at radius 3 is 2.83 bits per heavy atom. The lowest BCUT2D eigenvalue weighted by Crippen LogP contribution is -1.81. The predicted molar refractivity (Wildman–Crippen MR) is 56.9 cm³/mol. The summed E-state index contributed by atoms with van der Waals surface area (Å²) in [7, 11) is 0. The highest BCUT2D eigenvalue weighted by Crippen LogP contribution is 2.13. The van der Waals surface area contributed by atoms with E-state index in [1.165, 1.54) is 0 Å². The number of thiol groups is 1. The molecular formula is C10H9ClS. The molecule has 12 heavy (non-hydrogen) atoms. The molecule has 2 heteroatoms. The van der Waals surface area contributed by atoms with Crippen LogP contribution in [-0.4, -0.2) is 5.75 Å². The molecule has 0 nitrogen and oxygen atoms in total. The maximum atomic E-state index is 5.79. The third kappa shape index (κ3) is 2.48. The average molecular weight is 197 g/mol. The van der Waals surface area contributed by atoms with Gasteiger partial charge in [-0.25, -0.2) is 0 Å². The highest BCUT2D eigenvalue weighted by atomic mass is 35.5. The summed E-state index contributed by atoms with van der Waals surface area (Å²) in [6.45, 7) is 1.99. The number of hydrogen-bond donors (Lipinski definition) is 1. The van der Waals surface area contributed by atoms with Crippen molar-refractivity contribution in [1.29, 1.82) is 0 Å². The van der Waals surface area contributed by atoms with E-state index in [2.05, 4.69) is 24.5 Å². The molecule has 0 amide bonds. The van der Waals surface area contributed by atoms with E-state index in [1.807, 2.05) is 25.1 Å². The summed E-state index contributed by atoms with van der Waals surface area (Å²) >= 11 is 9.79. The van der Waals surface area contributed by atoms with Gasteiger partial charge in [-0.1, -0.05) is 23.4 Å². The standard InChI is InChI=1S/C10H9ClS/c1-8-7-10(11)5-4-9(8)3-2-6-12/h4-5,7,12H,6H2,1H3. The second kappa shape index (κ2) is 4.45. The van der Waals surface area contributed by atoms with E-state index in [4.69, 9.17) is 11.6 Å². The SMILES string of the molecule is Cc1cc(Cl)ccc1C#CCS. The van der Waals surface area contributed by atoms with Crippen LogP contribution in [0.3, 0.4) is 0 Å². The van der Waals surface area contributed by atoms with Crippen LogP contribution in [0.5, 0.6) is 0 Å². The monoisotopic (exact) mass is 196 g/mol. The van der Waals surface area contributed by atoms with Crippen LogP contribution in [0.15, 0.2) is 18.2 Å². The van der Waals surface area contributed by atoms with Gasteiger partial charge in [-0.05, 0) is 30.7 Å². The molecule has 1 aromatic rings. The van der Waals surface area contributed by atoms with Crippen molar-refractivity contribution >= 4 is 24.2 Å². The van der Waals surface area contributed by atoms with Crippen molar-refractivity contribution in [3.05, 3.63) is 34.3 Å². The molecule has 0 saturated heterocycles. The second-order valence-electron chi connectivity index (χ2n) is 2.42. The Morgan fingerprint density at radius 1 is 1.50 bits per heavy atom. The first-order valence-corrected chi connectivity index (χ1v) is 4.61. The number of benzene rings is 1. The third-order valence-electron chi connectivity index (χ3n) is 1.49. The van der Waals surface area contributed by atoms with Crippen LogP contribution in [0.4, 0.5) is 0 Å². The van der Waals surface area contributed by atoms with Crippen LogP contribution >= 0.6 is 24.2 Å². The van der Waals surface area contributed by atoms with E-state index in [9.17, 15) is 0 Å². The molecule has 0 saturated carbocycles. The zero-order valence-corrected chi connectivity index (χ0v) is 8.41. The molecule has 1 aromatic carbocycles. The Kier molecular flexibility index (Phi) is 3.52. The molecule has 0 atom stereocenters. The third-order valence-corrected chi connectivity index (χ3v) is 1.88. The summed E-state index contributed by atoms with van der Waals surface area (Å²) in [5.74, 6) is 6.49. The lowest BCUT2D eigenvalue weighted by atomic mass is 10.1. The highest BCUT2D eigenvalue weighted by molar-refractivity contribution is 7.80. The van der Waals surface area contributed by atoms with Crippen molar-refractivity contribution in [3.63, 3.8) is 0 Å². The Labute approximate surface area is 83.3 Å². The topological polar surface area (TPSA) is 0 Å². The molecule has 0 unspecified atom stereocenters. The smallest absolute Gasteiger partial charge is 0.0521 e. The Hall–Kier alpha value is -0.580. The molecule has 0 aliphatic carbocycles. The van der Waals surface area contributed by atoms with E-state index >= 15 is 0 Å². The molecule has 0 radical (unpaired) electrons. The van der Waals surface area contributed by atoms with Crippen molar-refractivity contribution in [1.82, 2.24) is 0 Å². The Balaban J connectivity index is 3.01. The molecule has 0 aliphatic heterocycles. The summed E-state index contributed by atoms with van der Waals surface area (Å²) in [6, 6.07) is 5.68. The quantitative estimate of drug-likeness (QED) is 0.479. The summed E-state index contributed by atoms with van der Waals surface area (Å²) in [6.07, 6.45) is 0. The van der Waals surface area contributed by atoms with E-state index in [-0.39, 0.29) is 0 Å². The molecule has 0 spiro atoms. The molecular weight excluding hydrogens is 188 g/mol. The first-order chi connectivity index (χ1) is 5.74. The fraction of sp³-hybridized carbons (Fsp3) is 0.200. The molecule has 0 aliphatic rings. The van der Waals surface area contributed by atoms with Crippen LogP contribution in [0.1, 0.15) is 11.1 Å². The number of aryl methyl sites for hydroxylation is 1. The molecule has 0 heterocycles. The van der Waals surface area contributed by atoms with Crippen molar-refractivity contribution < 1.29 is 0 Å². The molecule has 62 valence electrons.